The second kappa shape index (κ2) is 9.52. The summed E-state index contributed by atoms with van der Waals surface area (Å²) in [5, 5.41) is 3.82. The number of nitrogens with zero attached hydrogens (tertiary/aromatic N) is 1. The van der Waals surface area contributed by atoms with Gasteiger partial charge in [-0.15, -0.1) is 11.3 Å². The van der Waals surface area contributed by atoms with Gasteiger partial charge in [-0.3, -0.25) is 9.59 Å². The van der Waals surface area contributed by atoms with Gasteiger partial charge in [-0.2, -0.15) is 0 Å². The summed E-state index contributed by atoms with van der Waals surface area (Å²) < 4.78 is 0.980. The number of nitrogen functional groups attached to an aromatic ring is 1. The van der Waals surface area contributed by atoms with Gasteiger partial charge in [-0.05, 0) is 55.0 Å². The van der Waals surface area contributed by atoms with Gasteiger partial charge in [0.15, 0.2) is 5.78 Å². The summed E-state index contributed by atoms with van der Waals surface area (Å²) in [5.74, 6) is -0.0869. The van der Waals surface area contributed by atoms with E-state index < -0.39 is 0 Å². The number of nitrogens with two attached hydrogens (primary N) is 1. The smallest absolute Gasteiger partial charge is 0.255 e. The summed E-state index contributed by atoms with van der Waals surface area (Å²) in [6.45, 7) is 2.01. The molecule has 5 nitrogen and oxygen atoms in total. The number of anilines is 2. The highest BCUT2D eigenvalue weighted by molar-refractivity contribution is 7.21. The third-order valence-electron chi connectivity index (χ3n) is 5.76. The molecular formula is C29H23N3O2S. The summed E-state index contributed by atoms with van der Waals surface area (Å²) in [7, 11) is 0. The predicted octanol–water partition coefficient (Wildman–Crippen LogP) is 6.53. The minimum atomic E-state index is -0.190. The van der Waals surface area contributed by atoms with Crippen molar-refractivity contribution in [3.8, 4) is 10.6 Å². The van der Waals surface area contributed by atoms with Crippen LogP contribution in [0.2, 0.25) is 0 Å². The molecule has 0 aliphatic heterocycles. The first-order valence-electron chi connectivity index (χ1n) is 11.2. The molecular weight excluding hydrogens is 454 g/mol. The Labute approximate surface area is 207 Å². The Morgan fingerprint density at radius 2 is 1.54 bits per heavy atom. The van der Waals surface area contributed by atoms with Crippen LogP contribution in [0.5, 0.6) is 0 Å². The lowest BCUT2D eigenvalue weighted by Gasteiger charge is -2.05. The van der Waals surface area contributed by atoms with E-state index in [-0.39, 0.29) is 11.7 Å². The number of nitrogens with one attached hydrogen (secondary N) is 1. The highest BCUT2D eigenvalue weighted by Crippen LogP contribution is 2.32. The molecule has 172 valence electrons. The zero-order chi connectivity index (χ0) is 24.4. The topological polar surface area (TPSA) is 85.1 Å². The molecule has 5 aromatic rings. The van der Waals surface area contributed by atoms with Gasteiger partial charge in [0.2, 0.25) is 0 Å². The summed E-state index contributed by atoms with van der Waals surface area (Å²) in [6.07, 6.45) is 0.361. The van der Waals surface area contributed by atoms with Crippen LogP contribution in [0.3, 0.4) is 0 Å². The summed E-state index contributed by atoms with van der Waals surface area (Å²) in [5.41, 5.74) is 12.3. The maximum absolute atomic E-state index is 12.6. The minimum absolute atomic E-state index is 0.103. The SMILES string of the molecule is Cc1ccc(C(=O)Cc2ccc(-c3nc4ccc(NC(=O)c5ccc(N)cc5)cc4s3)cc2)cc1. The third kappa shape index (κ3) is 5.13. The number of amides is 1. The van der Waals surface area contributed by atoms with Crippen LogP contribution >= 0.6 is 11.3 Å². The van der Waals surface area contributed by atoms with Crippen LogP contribution in [-0.2, 0) is 6.42 Å². The number of carbonyl (C=O) groups is 2. The molecule has 1 amide bonds. The number of hydrogen-bond donors (Lipinski definition) is 2. The molecule has 6 heteroatoms. The van der Waals surface area contributed by atoms with Gasteiger partial charge in [0.05, 0.1) is 10.2 Å². The Bertz CT molecular complexity index is 1520. The summed E-state index contributed by atoms with van der Waals surface area (Å²) >= 11 is 1.56. The number of aromatic nitrogens is 1. The minimum Gasteiger partial charge on any atom is -0.399 e. The first-order chi connectivity index (χ1) is 16.9. The molecule has 0 fully saturated rings. The van der Waals surface area contributed by atoms with Crippen LogP contribution in [0.15, 0.2) is 91.0 Å². The van der Waals surface area contributed by atoms with E-state index in [1.165, 1.54) is 0 Å². The highest BCUT2D eigenvalue weighted by atomic mass is 32.1. The van der Waals surface area contributed by atoms with Crippen molar-refractivity contribution in [3.63, 3.8) is 0 Å². The number of Topliss-reactive ketones (excluding diaryl/α,β-unsaturated/α-hetero) is 1. The average Bonchev–Trinajstić information content (AvgIpc) is 3.29. The number of aryl methyl sites for hydroxylation is 1. The van der Waals surface area contributed by atoms with E-state index in [2.05, 4.69) is 5.32 Å². The van der Waals surface area contributed by atoms with Gasteiger partial charge in [0, 0.05) is 34.5 Å². The molecule has 0 atom stereocenters. The number of thiazole rings is 1. The van der Waals surface area contributed by atoms with Crippen LogP contribution in [0.25, 0.3) is 20.8 Å². The molecule has 35 heavy (non-hydrogen) atoms. The zero-order valence-corrected chi connectivity index (χ0v) is 19.9. The molecule has 0 unspecified atom stereocenters. The number of rotatable bonds is 6. The maximum Gasteiger partial charge on any atom is 0.255 e. The van der Waals surface area contributed by atoms with Crippen LogP contribution in [0.1, 0.15) is 31.8 Å². The Balaban J connectivity index is 1.30. The largest absolute Gasteiger partial charge is 0.399 e. The molecule has 0 saturated carbocycles. The lowest BCUT2D eigenvalue weighted by Crippen LogP contribution is -2.11. The molecule has 4 aromatic carbocycles. The van der Waals surface area contributed by atoms with Gasteiger partial charge in [0.25, 0.3) is 5.91 Å². The molecule has 0 aliphatic carbocycles. The van der Waals surface area contributed by atoms with E-state index >= 15 is 0 Å². The molecule has 0 aliphatic rings. The number of carbonyl (C=O) groups excluding carboxylic acids is 2. The fraction of sp³-hybridized carbons (Fsp3) is 0.0690. The second-order valence-electron chi connectivity index (χ2n) is 8.44. The van der Waals surface area contributed by atoms with E-state index in [9.17, 15) is 9.59 Å². The third-order valence-corrected chi connectivity index (χ3v) is 6.83. The Morgan fingerprint density at radius 1 is 0.857 bits per heavy atom. The van der Waals surface area contributed by atoms with Gasteiger partial charge >= 0.3 is 0 Å². The fourth-order valence-corrected chi connectivity index (χ4v) is 4.77. The highest BCUT2D eigenvalue weighted by Gasteiger charge is 2.11. The van der Waals surface area contributed by atoms with E-state index in [4.69, 9.17) is 10.7 Å². The monoisotopic (exact) mass is 477 g/mol. The van der Waals surface area contributed by atoms with Crippen molar-refractivity contribution in [1.82, 2.24) is 4.98 Å². The molecule has 0 radical (unpaired) electrons. The van der Waals surface area contributed by atoms with Gasteiger partial charge in [0.1, 0.15) is 5.01 Å². The quantitative estimate of drug-likeness (QED) is 0.215. The van der Waals surface area contributed by atoms with E-state index in [1.54, 1.807) is 35.6 Å². The first-order valence-corrected chi connectivity index (χ1v) is 12.0. The van der Waals surface area contributed by atoms with Crippen molar-refractivity contribution >= 4 is 44.6 Å². The number of hydrogen-bond acceptors (Lipinski definition) is 5. The summed E-state index contributed by atoms with van der Waals surface area (Å²) in [6, 6.07) is 28.1. The van der Waals surface area contributed by atoms with Crippen molar-refractivity contribution in [1.29, 1.82) is 0 Å². The summed E-state index contributed by atoms with van der Waals surface area (Å²) in [4.78, 5) is 29.8. The Kier molecular flexibility index (Phi) is 6.12. The van der Waals surface area contributed by atoms with E-state index in [0.717, 1.165) is 37.5 Å². The number of fused-ring (bicyclic) bond motifs is 1. The van der Waals surface area contributed by atoms with E-state index in [1.807, 2.05) is 73.7 Å². The Morgan fingerprint density at radius 3 is 2.26 bits per heavy atom. The lowest BCUT2D eigenvalue weighted by atomic mass is 10.0. The first kappa shape index (κ1) is 22.5. The van der Waals surface area contributed by atoms with Gasteiger partial charge in [-0.1, -0.05) is 54.1 Å². The molecule has 1 heterocycles. The lowest BCUT2D eigenvalue weighted by molar-refractivity contribution is 0.0991. The van der Waals surface area contributed by atoms with Crippen molar-refractivity contribution in [2.75, 3.05) is 11.1 Å². The zero-order valence-electron chi connectivity index (χ0n) is 19.1. The van der Waals surface area contributed by atoms with Crippen molar-refractivity contribution in [2.45, 2.75) is 13.3 Å². The normalized spacial score (nSPS) is 10.9. The Hall–Kier alpha value is -4.29. The number of ketones is 1. The van der Waals surface area contributed by atoms with Crippen molar-refractivity contribution in [3.05, 3.63) is 113 Å². The number of benzene rings is 4. The van der Waals surface area contributed by atoms with Gasteiger partial charge in [-0.25, -0.2) is 4.98 Å². The molecule has 0 bridgehead atoms. The second-order valence-corrected chi connectivity index (χ2v) is 9.47. The van der Waals surface area contributed by atoms with Crippen LogP contribution in [0, 0.1) is 6.92 Å². The van der Waals surface area contributed by atoms with Crippen LogP contribution in [0.4, 0.5) is 11.4 Å². The predicted molar refractivity (Wildman–Crippen MR) is 143 cm³/mol. The molecule has 3 N–H and O–H groups in total. The molecule has 0 saturated heterocycles. The molecule has 1 aromatic heterocycles. The average molecular weight is 478 g/mol. The van der Waals surface area contributed by atoms with Crippen LogP contribution in [-0.4, -0.2) is 16.7 Å². The standard InChI is InChI=1S/C29H23N3O2S/c1-18-2-6-20(7-3-18)26(33)16-19-4-8-22(9-5-19)29-32-25-15-14-24(17-27(25)35-29)31-28(34)21-10-12-23(30)13-11-21/h2-15,17H,16,30H2,1H3,(H,31,34). The molecule has 5 rings (SSSR count). The van der Waals surface area contributed by atoms with Gasteiger partial charge < -0.3 is 11.1 Å². The molecule has 0 spiro atoms. The maximum atomic E-state index is 12.6. The van der Waals surface area contributed by atoms with Crippen molar-refractivity contribution < 1.29 is 9.59 Å². The van der Waals surface area contributed by atoms with Crippen molar-refractivity contribution in [2.24, 2.45) is 0 Å². The fourth-order valence-electron chi connectivity index (χ4n) is 3.76. The van der Waals surface area contributed by atoms with Crippen LogP contribution < -0.4 is 11.1 Å². The van der Waals surface area contributed by atoms with E-state index in [0.29, 0.717) is 23.4 Å².